The van der Waals surface area contributed by atoms with Crippen LogP contribution in [-0.2, 0) is 4.79 Å². The normalized spacial score (nSPS) is 12.3. The summed E-state index contributed by atoms with van der Waals surface area (Å²) in [5, 5.41) is 1.32. The number of benzene rings is 1. The van der Waals surface area contributed by atoms with Gasteiger partial charge in [-0.3, -0.25) is 4.79 Å². The highest BCUT2D eigenvalue weighted by atomic mass is 32.1. The smallest absolute Gasteiger partial charge is 0.237 e. The maximum Gasteiger partial charge on any atom is 0.237 e. The number of thiol groups is 1. The summed E-state index contributed by atoms with van der Waals surface area (Å²) in [5.41, 5.74) is -0.529. The minimum atomic E-state index is -1.35. The average molecular weight is 235 g/mol. The Morgan fingerprint density at radius 2 is 2.00 bits per heavy atom. The Hall–Kier alpha value is -1.17. The molecular formula is C9H8F3NOS. The van der Waals surface area contributed by atoms with Crippen molar-refractivity contribution in [3.8, 4) is 0 Å². The van der Waals surface area contributed by atoms with Crippen LogP contribution in [0.15, 0.2) is 12.1 Å². The Morgan fingerprint density at radius 3 is 2.53 bits per heavy atom. The van der Waals surface area contributed by atoms with Gasteiger partial charge in [-0.05, 0) is 6.92 Å². The third kappa shape index (κ3) is 2.89. The van der Waals surface area contributed by atoms with Crippen molar-refractivity contribution in [3.05, 3.63) is 29.6 Å². The van der Waals surface area contributed by atoms with Crippen LogP contribution in [0.4, 0.5) is 18.9 Å². The van der Waals surface area contributed by atoms with E-state index in [9.17, 15) is 18.0 Å². The zero-order chi connectivity index (χ0) is 11.6. The first-order chi connectivity index (χ1) is 6.91. The van der Waals surface area contributed by atoms with E-state index < -0.39 is 34.3 Å². The lowest BCUT2D eigenvalue weighted by Crippen LogP contribution is -2.21. The van der Waals surface area contributed by atoms with Gasteiger partial charge in [0, 0.05) is 12.1 Å². The summed E-state index contributed by atoms with van der Waals surface area (Å²) in [7, 11) is 0. The Bertz CT molecular complexity index is 395. The largest absolute Gasteiger partial charge is 0.322 e. The fraction of sp³-hybridized carbons (Fsp3) is 0.222. The number of nitrogens with one attached hydrogen (secondary N) is 1. The van der Waals surface area contributed by atoms with Crippen molar-refractivity contribution < 1.29 is 18.0 Å². The van der Waals surface area contributed by atoms with Crippen molar-refractivity contribution in [1.29, 1.82) is 0 Å². The highest BCUT2D eigenvalue weighted by Crippen LogP contribution is 2.19. The number of amides is 1. The van der Waals surface area contributed by atoms with Crippen LogP contribution in [0.1, 0.15) is 6.92 Å². The molecule has 0 saturated heterocycles. The van der Waals surface area contributed by atoms with Crippen molar-refractivity contribution in [2.75, 3.05) is 5.32 Å². The van der Waals surface area contributed by atoms with Gasteiger partial charge in [0.1, 0.15) is 5.82 Å². The van der Waals surface area contributed by atoms with E-state index in [1.807, 2.05) is 5.32 Å². The van der Waals surface area contributed by atoms with E-state index in [1.165, 1.54) is 6.92 Å². The van der Waals surface area contributed by atoms with Gasteiger partial charge in [-0.25, -0.2) is 13.2 Å². The molecule has 0 heterocycles. The average Bonchev–Trinajstić information content (AvgIpc) is 2.13. The molecule has 1 rings (SSSR count). The summed E-state index contributed by atoms with van der Waals surface area (Å²) >= 11 is 3.79. The molecule has 1 aromatic rings. The molecular weight excluding hydrogens is 227 g/mol. The Balaban J connectivity index is 2.99. The summed E-state index contributed by atoms with van der Waals surface area (Å²) in [6.45, 7) is 1.45. The SMILES string of the molecule is CC(S)C(=O)Nc1cc(F)cc(F)c1F. The quantitative estimate of drug-likeness (QED) is 0.598. The van der Waals surface area contributed by atoms with Crippen molar-refractivity contribution in [3.63, 3.8) is 0 Å². The van der Waals surface area contributed by atoms with Crippen LogP contribution in [0.2, 0.25) is 0 Å². The molecule has 0 aliphatic carbocycles. The van der Waals surface area contributed by atoms with Crippen molar-refractivity contribution in [2.24, 2.45) is 0 Å². The maximum absolute atomic E-state index is 13.0. The third-order valence-electron chi connectivity index (χ3n) is 1.63. The van der Waals surface area contributed by atoms with Crippen molar-refractivity contribution in [2.45, 2.75) is 12.2 Å². The molecule has 0 saturated carbocycles. The number of hydrogen-bond donors (Lipinski definition) is 2. The van der Waals surface area contributed by atoms with E-state index in [2.05, 4.69) is 12.6 Å². The first-order valence-corrected chi connectivity index (χ1v) is 4.57. The first-order valence-electron chi connectivity index (χ1n) is 4.05. The zero-order valence-electron chi connectivity index (χ0n) is 7.72. The first kappa shape index (κ1) is 11.9. The second kappa shape index (κ2) is 4.57. The molecule has 6 heteroatoms. The molecule has 0 aromatic heterocycles. The van der Waals surface area contributed by atoms with Crippen molar-refractivity contribution in [1.82, 2.24) is 0 Å². The van der Waals surface area contributed by atoms with Crippen LogP contribution in [0.5, 0.6) is 0 Å². The third-order valence-corrected chi connectivity index (χ3v) is 1.86. The van der Waals surface area contributed by atoms with Gasteiger partial charge in [-0.15, -0.1) is 0 Å². The van der Waals surface area contributed by atoms with Gasteiger partial charge in [-0.1, -0.05) is 0 Å². The standard InChI is InChI=1S/C9H8F3NOS/c1-4(15)9(14)13-7-3-5(10)2-6(11)8(7)12/h2-4,15H,1H3,(H,13,14). The molecule has 0 aliphatic rings. The van der Waals surface area contributed by atoms with E-state index in [4.69, 9.17) is 0 Å². The van der Waals surface area contributed by atoms with Crippen LogP contribution in [0.25, 0.3) is 0 Å². The highest BCUT2D eigenvalue weighted by molar-refractivity contribution is 7.81. The summed E-state index contributed by atoms with van der Waals surface area (Å²) in [4.78, 5) is 11.1. The second-order valence-electron chi connectivity index (χ2n) is 2.91. The minimum Gasteiger partial charge on any atom is -0.322 e. The van der Waals surface area contributed by atoms with Gasteiger partial charge < -0.3 is 5.32 Å². The van der Waals surface area contributed by atoms with Crippen molar-refractivity contribution >= 4 is 24.2 Å². The molecule has 1 atom stereocenters. The van der Waals surface area contributed by atoms with Crippen LogP contribution in [0.3, 0.4) is 0 Å². The van der Waals surface area contributed by atoms with Crippen LogP contribution < -0.4 is 5.32 Å². The Kier molecular flexibility index (Phi) is 3.62. The predicted octanol–water partition coefficient (Wildman–Crippen LogP) is 2.36. The summed E-state index contributed by atoms with van der Waals surface area (Å²) in [5.74, 6) is -4.24. The van der Waals surface area contributed by atoms with E-state index in [0.29, 0.717) is 12.1 Å². The van der Waals surface area contributed by atoms with E-state index >= 15 is 0 Å². The highest BCUT2D eigenvalue weighted by Gasteiger charge is 2.15. The fourth-order valence-electron chi connectivity index (χ4n) is 0.884. The van der Waals surface area contributed by atoms with Gasteiger partial charge in [0.25, 0.3) is 0 Å². The number of carbonyl (C=O) groups is 1. The molecule has 1 unspecified atom stereocenters. The number of rotatable bonds is 2. The molecule has 0 radical (unpaired) electrons. The van der Waals surface area contributed by atoms with Gasteiger partial charge >= 0.3 is 0 Å². The van der Waals surface area contributed by atoms with Crippen LogP contribution in [-0.4, -0.2) is 11.2 Å². The maximum atomic E-state index is 13.0. The predicted molar refractivity (Wildman–Crippen MR) is 53.4 cm³/mol. The van der Waals surface area contributed by atoms with Gasteiger partial charge in [0.15, 0.2) is 11.6 Å². The lowest BCUT2D eigenvalue weighted by Gasteiger charge is -2.08. The molecule has 0 bridgehead atoms. The Morgan fingerprint density at radius 1 is 1.40 bits per heavy atom. The Labute approximate surface area is 89.9 Å². The lowest BCUT2D eigenvalue weighted by molar-refractivity contribution is -0.115. The van der Waals surface area contributed by atoms with Gasteiger partial charge in [0.2, 0.25) is 5.91 Å². The van der Waals surface area contributed by atoms with E-state index in [1.54, 1.807) is 0 Å². The summed E-state index contributed by atoms with van der Waals surface area (Å²) < 4.78 is 38.4. The molecule has 1 aromatic carbocycles. The van der Waals surface area contributed by atoms with Crippen LogP contribution >= 0.6 is 12.6 Å². The number of carbonyl (C=O) groups excluding carboxylic acids is 1. The summed E-state index contributed by atoms with van der Waals surface area (Å²) in [6, 6.07) is 1.10. The molecule has 1 amide bonds. The lowest BCUT2D eigenvalue weighted by atomic mass is 10.2. The monoisotopic (exact) mass is 235 g/mol. The topological polar surface area (TPSA) is 29.1 Å². The molecule has 82 valence electrons. The van der Waals surface area contributed by atoms with Gasteiger partial charge in [0.05, 0.1) is 10.9 Å². The zero-order valence-corrected chi connectivity index (χ0v) is 8.62. The van der Waals surface area contributed by atoms with E-state index in [-0.39, 0.29) is 0 Å². The summed E-state index contributed by atoms with van der Waals surface area (Å²) in [6.07, 6.45) is 0. The molecule has 15 heavy (non-hydrogen) atoms. The van der Waals surface area contributed by atoms with Gasteiger partial charge in [-0.2, -0.15) is 12.6 Å². The second-order valence-corrected chi connectivity index (χ2v) is 3.69. The number of hydrogen-bond acceptors (Lipinski definition) is 2. The van der Waals surface area contributed by atoms with Crippen LogP contribution in [0, 0.1) is 17.5 Å². The fourth-order valence-corrected chi connectivity index (χ4v) is 0.949. The number of halogens is 3. The van der Waals surface area contributed by atoms with E-state index in [0.717, 1.165) is 0 Å². The molecule has 0 fully saturated rings. The molecule has 1 N–H and O–H groups in total. The molecule has 0 aliphatic heterocycles. The minimum absolute atomic E-state index is 0.398. The number of anilines is 1. The molecule has 2 nitrogen and oxygen atoms in total. The molecule has 0 spiro atoms.